The predicted molar refractivity (Wildman–Crippen MR) is 72.9 cm³/mol. The number of nitrogens with zero attached hydrogens (tertiary/aromatic N) is 1. The van der Waals surface area contributed by atoms with E-state index in [0.29, 0.717) is 15.7 Å². The number of carboxylic acid groups (broad SMARTS) is 1. The first-order chi connectivity index (χ1) is 8.45. The summed E-state index contributed by atoms with van der Waals surface area (Å²) in [5.74, 6) is -1.62. The number of carboxylic acids is 1. The fourth-order valence-electron chi connectivity index (χ4n) is 1.47. The van der Waals surface area contributed by atoms with Gasteiger partial charge >= 0.3 is 5.97 Å². The Kier molecular flexibility index (Phi) is 5.52. The molecule has 0 unspecified atom stereocenters. The van der Waals surface area contributed by atoms with Gasteiger partial charge in [0.25, 0.3) is 5.91 Å². The van der Waals surface area contributed by atoms with E-state index in [1.807, 2.05) is 22.6 Å². The normalized spacial score (nSPS) is 10.2. The molecule has 0 bridgehead atoms. The summed E-state index contributed by atoms with van der Waals surface area (Å²) in [5, 5.41) is 8.61. The Bertz CT molecular complexity index is 465. The Labute approximate surface area is 118 Å². The minimum absolute atomic E-state index is 0.0998. The lowest BCUT2D eigenvalue weighted by Gasteiger charge is -2.20. The summed E-state index contributed by atoms with van der Waals surface area (Å²) < 4.78 is 13.5. The second kappa shape index (κ2) is 6.67. The van der Waals surface area contributed by atoms with Crippen LogP contribution in [-0.2, 0) is 4.79 Å². The predicted octanol–water partition coefficient (Wildman–Crippen LogP) is 2.37. The molecule has 98 valence electrons. The fraction of sp³-hybridized carbons (Fsp3) is 0.333. The molecule has 1 aromatic rings. The molecule has 0 saturated carbocycles. The van der Waals surface area contributed by atoms with Crippen LogP contribution in [-0.4, -0.2) is 35.0 Å². The van der Waals surface area contributed by atoms with Gasteiger partial charge in [-0.25, -0.2) is 4.39 Å². The largest absolute Gasteiger partial charge is 0.481 e. The molecule has 1 aromatic carbocycles. The molecule has 0 aliphatic rings. The molecule has 1 rings (SSSR count). The third-order valence-electron chi connectivity index (χ3n) is 2.43. The monoisotopic (exact) mass is 365 g/mol. The van der Waals surface area contributed by atoms with E-state index in [1.54, 1.807) is 6.92 Å². The van der Waals surface area contributed by atoms with Crippen LogP contribution in [0.2, 0.25) is 0 Å². The average molecular weight is 365 g/mol. The molecule has 0 aromatic heterocycles. The molecule has 6 heteroatoms. The van der Waals surface area contributed by atoms with Crippen molar-refractivity contribution >= 4 is 34.5 Å². The molecule has 4 nitrogen and oxygen atoms in total. The Morgan fingerprint density at radius 3 is 2.61 bits per heavy atom. The van der Waals surface area contributed by atoms with Gasteiger partial charge in [0, 0.05) is 16.7 Å². The van der Waals surface area contributed by atoms with Gasteiger partial charge in [-0.3, -0.25) is 9.59 Å². The van der Waals surface area contributed by atoms with Crippen molar-refractivity contribution in [3.8, 4) is 0 Å². The van der Waals surface area contributed by atoms with Crippen LogP contribution in [0.5, 0.6) is 0 Å². The number of halogens is 2. The van der Waals surface area contributed by atoms with Crippen LogP contribution in [0.3, 0.4) is 0 Å². The number of amides is 1. The zero-order chi connectivity index (χ0) is 13.7. The van der Waals surface area contributed by atoms with E-state index < -0.39 is 11.8 Å². The van der Waals surface area contributed by atoms with Crippen LogP contribution < -0.4 is 0 Å². The maximum absolute atomic E-state index is 12.9. The van der Waals surface area contributed by atoms with Gasteiger partial charge < -0.3 is 10.0 Å². The molecule has 0 saturated heterocycles. The zero-order valence-corrected chi connectivity index (χ0v) is 12.0. The number of rotatable bonds is 5. The number of hydrogen-bond donors (Lipinski definition) is 1. The Morgan fingerprint density at radius 2 is 2.11 bits per heavy atom. The fourth-order valence-corrected chi connectivity index (χ4v) is 2.18. The lowest BCUT2D eigenvalue weighted by molar-refractivity contribution is -0.137. The molecule has 0 fully saturated rings. The summed E-state index contributed by atoms with van der Waals surface area (Å²) in [5.41, 5.74) is 0.393. The van der Waals surface area contributed by atoms with Gasteiger partial charge in [0.05, 0.1) is 12.0 Å². The van der Waals surface area contributed by atoms with Crippen molar-refractivity contribution in [3.63, 3.8) is 0 Å². The number of aliphatic carboxylic acids is 1. The maximum atomic E-state index is 12.9. The molecular formula is C12H13FINO3. The number of carbonyl (C=O) groups excluding carboxylic acids is 1. The van der Waals surface area contributed by atoms with Crippen molar-refractivity contribution in [2.45, 2.75) is 13.3 Å². The highest BCUT2D eigenvalue weighted by molar-refractivity contribution is 14.1. The maximum Gasteiger partial charge on any atom is 0.305 e. The van der Waals surface area contributed by atoms with Gasteiger partial charge in [0.15, 0.2) is 0 Å². The van der Waals surface area contributed by atoms with Crippen LogP contribution in [0.15, 0.2) is 18.2 Å². The molecule has 0 radical (unpaired) electrons. The SMILES string of the molecule is CCN(CCC(=O)O)C(=O)c1ccc(F)cc1I. The molecule has 1 N–H and O–H groups in total. The van der Waals surface area contributed by atoms with E-state index in [2.05, 4.69) is 0 Å². The molecule has 0 aliphatic heterocycles. The molecule has 0 atom stereocenters. The summed E-state index contributed by atoms with van der Waals surface area (Å²) in [6.07, 6.45) is -0.0998. The Morgan fingerprint density at radius 1 is 1.44 bits per heavy atom. The average Bonchev–Trinajstić information content (AvgIpc) is 2.29. The molecule has 0 spiro atoms. The van der Waals surface area contributed by atoms with Gasteiger partial charge in [0.1, 0.15) is 5.82 Å². The number of benzene rings is 1. The second-order valence-electron chi connectivity index (χ2n) is 3.65. The minimum atomic E-state index is -0.949. The van der Waals surface area contributed by atoms with E-state index in [1.165, 1.54) is 23.1 Å². The van der Waals surface area contributed by atoms with Gasteiger partial charge in [0.2, 0.25) is 0 Å². The standard InChI is InChI=1S/C12H13FINO3/c1-2-15(6-5-11(16)17)12(18)9-4-3-8(13)7-10(9)14/h3-4,7H,2,5-6H2,1H3,(H,16,17). The molecular weight excluding hydrogens is 352 g/mol. The summed E-state index contributed by atoms with van der Waals surface area (Å²) in [6.45, 7) is 2.34. The van der Waals surface area contributed by atoms with E-state index in [9.17, 15) is 14.0 Å². The molecule has 18 heavy (non-hydrogen) atoms. The molecule has 0 heterocycles. The summed E-state index contributed by atoms with van der Waals surface area (Å²) in [6, 6.07) is 3.92. The van der Waals surface area contributed by atoms with Crippen LogP contribution in [0.25, 0.3) is 0 Å². The smallest absolute Gasteiger partial charge is 0.305 e. The highest BCUT2D eigenvalue weighted by Crippen LogP contribution is 2.16. The molecule has 1 amide bonds. The highest BCUT2D eigenvalue weighted by atomic mass is 127. The quantitative estimate of drug-likeness (QED) is 0.816. The minimum Gasteiger partial charge on any atom is -0.481 e. The lowest BCUT2D eigenvalue weighted by Crippen LogP contribution is -2.33. The van der Waals surface area contributed by atoms with Crippen LogP contribution in [0.1, 0.15) is 23.7 Å². The number of hydrogen-bond acceptors (Lipinski definition) is 2. The highest BCUT2D eigenvalue weighted by Gasteiger charge is 2.17. The van der Waals surface area contributed by atoms with Crippen molar-refractivity contribution in [1.82, 2.24) is 4.90 Å². The van der Waals surface area contributed by atoms with Crippen LogP contribution in [0.4, 0.5) is 4.39 Å². The van der Waals surface area contributed by atoms with E-state index in [0.717, 1.165) is 0 Å². The third-order valence-corrected chi connectivity index (χ3v) is 3.32. The topological polar surface area (TPSA) is 57.6 Å². The summed E-state index contributed by atoms with van der Waals surface area (Å²) >= 11 is 1.89. The van der Waals surface area contributed by atoms with E-state index in [4.69, 9.17) is 5.11 Å². The first kappa shape index (κ1) is 14.9. The first-order valence-corrected chi connectivity index (χ1v) is 6.49. The van der Waals surface area contributed by atoms with E-state index >= 15 is 0 Å². The number of carbonyl (C=O) groups is 2. The summed E-state index contributed by atoms with van der Waals surface area (Å²) in [7, 11) is 0. The summed E-state index contributed by atoms with van der Waals surface area (Å²) in [4.78, 5) is 24.1. The van der Waals surface area contributed by atoms with Crippen molar-refractivity contribution in [2.24, 2.45) is 0 Å². The lowest BCUT2D eigenvalue weighted by atomic mass is 10.2. The van der Waals surface area contributed by atoms with Gasteiger partial charge in [-0.15, -0.1) is 0 Å². The van der Waals surface area contributed by atoms with Gasteiger partial charge in [-0.1, -0.05) is 0 Å². The van der Waals surface area contributed by atoms with Crippen molar-refractivity contribution in [2.75, 3.05) is 13.1 Å². The first-order valence-electron chi connectivity index (χ1n) is 5.41. The third kappa shape index (κ3) is 3.94. The van der Waals surface area contributed by atoms with Gasteiger partial charge in [-0.05, 0) is 47.7 Å². The van der Waals surface area contributed by atoms with Crippen LogP contribution in [0, 0.1) is 9.39 Å². The van der Waals surface area contributed by atoms with Crippen molar-refractivity contribution in [3.05, 3.63) is 33.1 Å². The zero-order valence-electron chi connectivity index (χ0n) is 9.82. The second-order valence-corrected chi connectivity index (χ2v) is 4.81. The van der Waals surface area contributed by atoms with Crippen LogP contribution >= 0.6 is 22.6 Å². The Hall–Kier alpha value is -1.18. The van der Waals surface area contributed by atoms with Gasteiger partial charge in [-0.2, -0.15) is 0 Å². The molecule has 0 aliphatic carbocycles. The Balaban J connectivity index is 2.86. The van der Waals surface area contributed by atoms with E-state index in [-0.39, 0.29) is 18.9 Å². The van der Waals surface area contributed by atoms with Crippen molar-refractivity contribution < 1.29 is 19.1 Å². The van der Waals surface area contributed by atoms with Crippen molar-refractivity contribution in [1.29, 1.82) is 0 Å².